The molecule has 3 heteroatoms. The van der Waals surface area contributed by atoms with Gasteiger partial charge in [-0.1, -0.05) is 18.2 Å². The van der Waals surface area contributed by atoms with Gasteiger partial charge in [-0.25, -0.2) is 0 Å². The van der Waals surface area contributed by atoms with Gasteiger partial charge in [0.05, 0.1) is 5.03 Å². The second-order valence-corrected chi connectivity index (χ2v) is 4.20. The van der Waals surface area contributed by atoms with Crippen LogP contribution in [-0.2, 0) is 11.2 Å². The van der Waals surface area contributed by atoms with Crippen LogP contribution in [0.4, 0.5) is 0 Å². The van der Waals surface area contributed by atoms with Gasteiger partial charge in [0.2, 0.25) is 0 Å². The lowest BCUT2D eigenvalue weighted by atomic mass is 10.1. The first-order valence-electron chi connectivity index (χ1n) is 4.15. The Kier molecular flexibility index (Phi) is 1.32. The quantitative estimate of drug-likeness (QED) is 0.690. The molecule has 0 amide bonds. The Morgan fingerprint density at radius 2 is 2.15 bits per heavy atom. The Bertz CT molecular complexity index is 501. The summed E-state index contributed by atoms with van der Waals surface area (Å²) in [5.41, 5.74) is 2.30. The van der Waals surface area contributed by atoms with Crippen LogP contribution in [0.15, 0.2) is 29.3 Å². The fraction of sp³-hybridized carbons (Fsp3) is 0.100. The zero-order valence-corrected chi connectivity index (χ0v) is 7.65. The molecule has 0 saturated heterocycles. The summed E-state index contributed by atoms with van der Waals surface area (Å²) >= 11 is 1.32. The molecular formula is C10H7NOS. The van der Waals surface area contributed by atoms with Crippen LogP contribution < -0.4 is 0 Å². The van der Waals surface area contributed by atoms with Gasteiger partial charge < -0.3 is 4.98 Å². The van der Waals surface area contributed by atoms with Crippen molar-refractivity contribution in [3.8, 4) is 0 Å². The number of para-hydroxylation sites is 1. The summed E-state index contributed by atoms with van der Waals surface area (Å²) in [6.07, 6.45) is 0.573. The van der Waals surface area contributed by atoms with Gasteiger partial charge in [-0.3, -0.25) is 4.79 Å². The van der Waals surface area contributed by atoms with Gasteiger partial charge in [0.25, 0.3) is 0 Å². The third-order valence-electron chi connectivity index (χ3n) is 2.31. The summed E-state index contributed by atoms with van der Waals surface area (Å²) in [7, 11) is 0. The van der Waals surface area contributed by atoms with E-state index < -0.39 is 0 Å². The van der Waals surface area contributed by atoms with Gasteiger partial charge in [-0.15, -0.1) is 0 Å². The van der Waals surface area contributed by atoms with E-state index in [4.69, 9.17) is 0 Å². The lowest BCUT2D eigenvalue weighted by molar-refractivity contribution is -0.110. The van der Waals surface area contributed by atoms with E-state index in [1.165, 1.54) is 22.7 Å². The highest BCUT2D eigenvalue weighted by molar-refractivity contribution is 8.14. The fourth-order valence-corrected chi connectivity index (χ4v) is 2.64. The van der Waals surface area contributed by atoms with E-state index in [1.807, 2.05) is 18.2 Å². The first kappa shape index (κ1) is 7.21. The lowest BCUT2D eigenvalue weighted by Gasteiger charge is -1.90. The molecule has 1 N–H and O–H groups in total. The minimum atomic E-state index is 0.243. The predicted molar refractivity (Wildman–Crippen MR) is 52.9 cm³/mol. The van der Waals surface area contributed by atoms with Crippen LogP contribution in [0.25, 0.3) is 10.9 Å². The smallest absolute Gasteiger partial charge is 0.199 e. The average molecular weight is 189 g/mol. The molecular weight excluding hydrogens is 182 g/mol. The zero-order chi connectivity index (χ0) is 8.84. The highest BCUT2D eigenvalue weighted by Crippen LogP contribution is 2.36. The van der Waals surface area contributed by atoms with E-state index in [0.29, 0.717) is 6.42 Å². The normalized spacial score (nSPS) is 15.2. The zero-order valence-electron chi connectivity index (χ0n) is 6.83. The monoisotopic (exact) mass is 189 g/mol. The van der Waals surface area contributed by atoms with Crippen LogP contribution in [0.3, 0.4) is 0 Å². The molecule has 2 nitrogen and oxygen atoms in total. The Hall–Kier alpha value is -1.22. The summed E-state index contributed by atoms with van der Waals surface area (Å²) < 4.78 is 0. The largest absolute Gasteiger partial charge is 0.349 e. The Balaban J connectivity index is 2.37. The summed E-state index contributed by atoms with van der Waals surface area (Å²) in [5.74, 6) is 0. The minimum absolute atomic E-state index is 0.243. The molecule has 0 unspecified atom stereocenters. The van der Waals surface area contributed by atoms with Crippen molar-refractivity contribution in [2.75, 3.05) is 0 Å². The van der Waals surface area contributed by atoms with Crippen LogP contribution in [0.2, 0.25) is 0 Å². The van der Waals surface area contributed by atoms with E-state index in [0.717, 1.165) is 10.5 Å². The van der Waals surface area contributed by atoms with Crippen molar-refractivity contribution in [3.63, 3.8) is 0 Å². The molecule has 0 atom stereocenters. The molecule has 64 valence electrons. The second-order valence-electron chi connectivity index (χ2n) is 3.13. The highest BCUT2D eigenvalue weighted by atomic mass is 32.2. The molecule has 0 saturated carbocycles. The van der Waals surface area contributed by atoms with E-state index in [2.05, 4.69) is 11.1 Å². The van der Waals surface area contributed by atoms with Crippen molar-refractivity contribution in [1.82, 2.24) is 4.98 Å². The summed E-state index contributed by atoms with van der Waals surface area (Å²) in [4.78, 5) is 14.4. The summed E-state index contributed by atoms with van der Waals surface area (Å²) in [5, 5.41) is 2.47. The maximum atomic E-state index is 11.1. The van der Waals surface area contributed by atoms with E-state index in [1.54, 1.807) is 0 Å². The Morgan fingerprint density at radius 3 is 3.08 bits per heavy atom. The number of H-pyrrole nitrogens is 1. The van der Waals surface area contributed by atoms with E-state index in [9.17, 15) is 4.79 Å². The molecule has 0 radical (unpaired) electrons. The molecule has 1 aliphatic heterocycles. The molecule has 0 aliphatic carbocycles. The second kappa shape index (κ2) is 2.39. The van der Waals surface area contributed by atoms with Crippen LogP contribution in [0, 0.1) is 0 Å². The van der Waals surface area contributed by atoms with Crippen molar-refractivity contribution in [3.05, 3.63) is 29.8 Å². The third-order valence-corrected chi connectivity index (χ3v) is 3.24. The number of rotatable bonds is 0. The Morgan fingerprint density at radius 1 is 1.31 bits per heavy atom. The molecule has 0 fully saturated rings. The average Bonchev–Trinajstić information content (AvgIpc) is 2.60. The number of aromatic nitrogens is 1. The third kappa shape index (κ3) is 0.937. The van der Waals surface area contributed by atoms with Crippen LogP contribution in [0.5, 0.6) is 0 Å². The summed E-state index contributed by atoms with van der Waals surface area (Å²) in [6.45, 7) is 0. The van der Waals surface area contributed by atoms with Gasteiger partial charge >= 0.3 is 0 Å². The number of hydrogen-bond acceptors (Lipinski definition) is 2. The highest BCUT2D eigenvalue weighted by Gasteiger charge is 2.23. The predicted octanol–water partition coefficient (Wildman–Crippen LogP) is 2.34. The Labute approximate surface area is 79.3 Å². The number of carbonyl (C=O) groups excluding carboxylic acids is 1. The van der Waals surface area contributed by atoms with Gasteiger partial charge in [-0.05, 0) is 17.8 Å². The van der Waals surface area contributed by atoms with Gasteiger partial charge in [0.1, 0.15) is 0 Å². The molecule has 0 bridgehead atoms. The number of nitrogens with one attached hydrogen (secondary N) is 1. The minimum Gasteiger partial charge on any atom is -0.349 e. The summed E-state index contributed by atoms with van der Waals surface area (Å²) in [6, 6.07) is 8.10. The van der Waals surface area contributed by atoms with Crippen LogP contribution in [-0.4, -0.2) is 10.1 Å². The maximum absolute atomic E-state index is 11.1. The van der Waals surface area contributed by atoms with Crippen LogP contribution in [0.1, 0.15) is 5.56 Å². The van der Waals surface area contributed by atoms with Crippen molar-refractivity contribution in [1.29, 1.82) is 0 Å². The van der Waals surface area contributed by atoms with Gasteiger partial charge in [-0.2, -0.15) is 0 Å². The van der Waals surface area contributed by atoms with Crippen molar-refractivity contribution >= 4 is 27.8 Å². The topological polar surface area (TPSA) is 32.9 Å². The number of thioether (sulfide) groups is 1. The maximum Gasteiger partial charge on any atom is 0.199 e. The van der Waals surface area contributed by atoms with E-state index >= 15 is 0 Å². The molecule has 1 aromatic heterocycles. The number of hydrogen-bond donors (Lipinski definition) is 1. The number of aromatic amines is 1. The van der Waals surface area contributed by atoms with Crippen molar-refractivity contribution < 1.29 is 4.79 Å². The molecule has 3 rings (SSSR count). The lowest BCUT2D eigenvalue weighted by Crippen LogP contribution is -1.86. The van der Waals surface area contributed by atoms with Crippen LogP contribution >= 0.6 is 11.8 Å². The fourth-order valence-electron chi connectivity index (χ4n) is 1.73. The SMILES string of the molecule is O=C1Cc2c([nH]c3ccccc23)S1. The first-order chi connectivity index (χ1) is 6.34. The molecule has 0 spiro atoms. The van der Waals surface area contributed by atoms with Gasteiger partial charge in [0.15, 0.2) is 5.12 Å². The molecule has 13 heavy (non-hydrogen) atoms. The van der Waals surface area contributed by atoms with E-state index in [-0.39, 0.29) is 5.12 Å². The van der Waals surface area contributed by atoms with Crippen molar-refractivity contribution in [2.24, 2.45) is 0 Å². The molecule has 1 aliphatic rings. The number of benzene rings is 1. The molecule has 2 aromatic rings. The van der Waals surface area contributed by atoms with Crippen molar-refractivity contribution in [2.45, 2.75) is 11.4 Å². The first-order valence-corrected chi connectivity index (χ1v) is 4.96. The molecule has 1 aromatic carbocycles. The van der Waals surface area contributed by atoms with Gasteiger partial charge in [0, 0.05) is 22.9 Å². The molecule has 2 heterocycles. The standard InChI is InChI=1S/C10H7NOS/c12-9-5-7-6-3-1-2-4-8(6)11-10(7)13-9/h1-4,11H,5H2. The number of carbonyl (C=O) groups is 1. The number of fused-ring (bicyclic) bond motifs is 3.